The highest BCUT2D eigenvalue weighted by molar-refractivity contribution is 6.04. The molecule has 11 heteroatoms. The van der Waals surface area contributed by atoms with Gasteiger partial charge in [-0.15, -0.1) is 0 Å². The molecular formula is C19H16F6N4O. The lowest BCUT2D eigenvalue weighted by Gasteiger charge is -2.24. The molecule has 1 aliphatic heterocycles. The number of amidine groups is 1. The molecule has 0 unspecified atom stereocenters. The molecule has 2 N–H and O–H groups in total. The third kappa shape index (κ3) is 3.21. The fourth-order valence-electron chi connectivity index (χ4n) is 3.48. The normalized spacial score (nSPS) is 16.9. The first-order chi connectivity index (χ1) is 14.3. The molecular weight excluding hydrogens is 414 g/mol. The Morgan fingerprint density at radius 1 is 1.17 bits per heavy atom. The molecule has 1 aliphatic carbocycles. The Kier molecular flexibility index (Phi) is 4.99. The van der Waals surface area contributed by atoms with E-state index in [-0.39, 0.29) is 48.7 Å². The number of halogens is 6. The summed E-state index contributed by atoms with van der Waals surface area (Å²) in [6, 6.07) is 3.54. The van der Waals surface area contributed by atoms with Crippen LogP contribution in [0.2, 0.25) is 0 Å². The van der Waals surface area contributed by atoms with Gasteiger partial charge in [0.2, 0.25) is 5.82 Å². The first-order valence-corrected chi connectivity index (χ1v) is 9.08. The van der Waals surface area contributed by atoms with Gasteiger partial charge in [0.15, 0.2) is 0 Å². The summed E-state index contributed by atoms with van der Waals surface area (Å²) in [5, 5.41) is 5.32. The molecule has 30 heavy (non-hydrogen) atoms. The zero-order chi connectivity index (χ0) is 21.6. The van der Waals surface area contributed by atoms with E-state index in [1.54, 1.807) is 0 Å². The smallest absolute Gasteiger partial charge is 0.289 e. The summed E-state index contributed by atoms with van der Waals surface area (Å²) < 4.78 is 82.3. The topological polar surface area (TPSA) is 58.4 Å². The number of nitrogens with zero attached hydrogens (tertiary/aromatic N) is 2. The number of pyridine rings is 1. The van der Waals surface area contributed by atoms with Crippen LogP contribution in [-0.4, -0.2) is 23.5 Å². The summed E-state index contributed by atoms with van der Waals surface area (Å²) in [6.45, 7) is -0.374. The number of aromatic nitrogens is 1. The van der Waals surface area contributed by atoms with Crippen molar-refractivity contribution in [2.24, 2.45) is 4.99 Å². The summed E-state index contributed by atoms with van der Waals surface area (Å²) in [4.78, 5) is 16.4. The minimum absolute atomic E-state index is 0.0238. The Morgan fingerprint density at radius 2 is 1.90 bits per heavy atom. The summed E-state index contributed by atoms with van der Waals surface area (Å²) in [6.07, 6.45) is -4.69. The van der Waals surface area contributed by atoms with E-state index >= 15 is 0 Å². The van der Waals surface area contributed by atoms with Gasteiger partial charge in [0.25, 0.3) is 18.4 Å². The maximum atomic E-state index is 14.6. The summed E-state index contributed by atoms with van der Waals surface area (Å²) in [5.41, 5.74) is -3.94. The zero-order valence-corrected chi connectivity index (χ0v) is 15.4. The van der Waals surface area contributed by atoms with E-state index in [1.165, 1.54) is 12.1 Å². The highest BCUT2D eigenvalue weighted by atomic mass is 19.3. The van der Waals surface area contributed by atoms with Gasteiger partial charge >= 0.3 is 0 Å². The number of alkyl halides is 4. The van der Waals surface area contributed by atoms with Crippen molar-refractivity contribution < 1.29 is 26.3 Å². The number of aliphatic imine (C=N–C) groups is 1. The molecule has 2 aromatic rings. The number of hydrogen-bond acceptors (Lipinski definition) is 4. The van der Waals surface area contributed by atoms with Crippen LogP contribution in [0.5, 0.6) is 0 Å². The van der Waals surface area contributed by atoms with Crippen LogP contribution in [0.3, 0.4) is 0 Å². The largest absolute Gasteiger partial charge is 0.366 e. The van der Waals surface area contributed by atoms with Crippen LogP contribution in [0.4, 0.5) is 32.0 Å². The lowest BCUT2D eigenvalue weighted by molar-refractivity contribution is 0.0646. The zero-order valence-electron chi connectivity index (χ0n) is 15.4. The van der Waals surface area contributed by atoms with Crippen molar-refractivity contribution in [3.8, 4) is 0 Å². The van der Waals surface area contributed by atoms with Crippen molar-refractivity contribution in [1.82, 2.24) is 9.88 Å². The lowest BCUT2D eigenvalue weighted by Crippen LogP contribution is -2.40. The van der Waals surface area contributed by atoms with Gasteiger partial charge in [-0.25, -0.2) is 26.9 Å². The third-order valence-electron chi connectivity index (χ3n) is 5.34. The van der Waals surface area contributed by atoms with E-state index in [4.69, 9.17) is 0 Å². The molecule has 0 atom stereocenters. The molecule has 0 amide bonds. The highest BCUT2D eigenvalue weighted by Crippen LogP contribution is 2.48. The minimum atomic E-state index is -2.99. The maximum absolute atomic E-state index is 14.6. The van der Waals surface area contributed by atoms with E-state index in [0.29, 0.717) is 4.57 Å². The van der Waals surface area contributed by atoms with Crippen molar-refractivity contribution in [3.05, 3.63) is 63.1 Å². The average Bonchev–Trinajstić information content (AvgIpc) is 3.51. The fourth-order valence-corrected chi connectivity index (χ4v) is 3.48. The summed E-state index contributed by atoms with van der Waals surface area (Å²) in [5.74, 6) is -2.27. The van der Waals surface area contributed by atoms with E-state index < -0.39 is 41.1 Å². The third-order valence-corrected chi connectivity index (χ3v) is 5.34. The second-order valence-corrected chi connectivity index (χ2v) is 7.13. The Bertz CT molecular complexity index is 1080. The van der Waals surface area contributed by atoms with Crippen LogP contribution in [0.1, 0.15) is 36.0 Å². The van der Waals surface area contributed by atoms with Crippen molar-refractivity contribution in [3.63, 3.8) is 0 Å². The summed E-state index contributed by atoms with van der Waals surface area (Å²) in [7, 11) is 0. The van der Waals surface area contributed by atoms with Gasteiger partial charge in [-0.3, -0.25) is 4.79 Å². The van der Waals surface area contributed by atoms with Crippen LogP contribution in [0.15, 0.2) is 34.2 Å². The van der Waals surface area contributed by atoms with E-state index in [0.717, 1.165) is 12.3 Å². The highest BCUT2D eigenvalue weighted by Gasteiger charge is 2.54. The molecule has 2 aliphatic rings. The maximum Gasteiger partial charge on any atom is 0.289 e. The molecule has 1 aromatic heterocycles. The van der Waals surface area contributed by atoms with Gasteiger partial charge in [-0.05, 0) is 12.8 Å². The number of hydrogen-bond donors (Lipinski definition) is 2. The van der Waals surface area contributed by atoms with Gasteiger partial charge in [-0.2, -0.15) is 4.39 Å². The van der Waals surface area contributed by atoms with Crippen LogP contribution in [-0.2, 0) is 12.1 Å². The van der Waals surface area contributed by atoms with Gasteiger partial charge in [0.1, 0.15) is 23.9 Å². The van der Waals surface area contributed by atoms with Crippen LogP contribution >= 0.6 is 0 Å². The number of rotatable bonds is 5. The molecule has 1 fully saturated rings. The first-order valence-electron chi connectivity index (χ1n) is 9.08. The average molecular weight is 430 g/mol. The Hall–Kier alpha value is -2.98. The number of fused-ring (bicyclic) bond motifs is 1. The van der Waals surface area contributed by atoms with Crippen LogP contribution in [0, 0.1) is 11.6 Å². The molecule has 0 saturated heterocycles. The van der Waals surface area contributed by atoms with Gasteiger partial charge in [0.05, 0.1) is 16.8 Å². The van der Waals surface area contributed by atoms with Gasteiger partial charge in [0, 0.05) is 18.3 Å². The van der Waals surface area contributed by atoms with E-state index in [1.807, 2.05) is 0 Å². The van der Waals surface area contributed by atoms with Crippen molar-refractivity contribution in [2.75, 3.05) is 12.0 Å². The second-order valence-electron chi connectivity index (χ2n) is 7.13. The predicted octanol–water partition coefficient (Wildman–Crippen LogP) is 3.74. The number of benzene rings is 1. The monoisotopic (exact) mass is 430 g/mol. The van der Waals surface area contributed by atoms with Crippen molar-refractivity contribution >= 4 is 11.5 Å². The molecule has 0 radical (unpaired) electrons. The van der Waals surface area contributed by atoms with Gasteiger partial charge in [-0.1, -0.05) is 18.2 Å². The summed E-state index contributed by atoms with van der Waals surface area (Å²) >= 11 is 0. The standard InChI is InChI=1S/C19H16F6N4O/c20-12-9(2-1-3-10(12)15(22)23)6-26-16-11-7-29(19(4-5-19)18(24)25)17(30)13(21)14(11)27-8-28-16/h1-3,7,15,18,27H,4-6,8H2,(H,26,28). The Labute approximate surface area is 166 Å². The predicted molar refractivity (Wildman–Crippen MR) is 97.1 cm³/mol. The molecule has 1 aromatic carbocycles. The van der Waals surface area contributed by atoms with Crippen LogP contribution in [0.25, 0.3) is 0 Å². The van der Waals surface area contributed by atoms with Crippen molar-refractivity contribution in [1.29, 1.82) is 0 Å². The second kappa shape index (κ2) is 7.37. The molecule has 4 rings (SSSR count). The number of anilines is 1. The van der Waals surface area contributed by atoms with E-state index in [2.05, 4.69) is 15.6 Å². The van der Waals surface area contributed by atoms with Crippen molar-refractivity contribution in [2.45, 2.75) is 37.8 Å². The molecule has 2 heterocycles. The lowest BCUT2D eigenvalue weighted by atomic mass is 10.1. The fraction of sp³-hybridized carbons (Fsp3) is 0.368. The minimum Gasteiger partial charge on any atom is -0.366 e. The Morgan fingerprint density at radius 3 is 2.53 bits per heavy atom. The molecule has 5 nitrogen and oxygen atoms in total. The van der Waals surface area contributed by atoms with Gasteiger partial charge < -0.3 is 15.2 Å². The molecule has 0 bridgehead atoms. The molecule has 0 spiro atoms. The SMILES string of the molecule is O=c1c(F)c2c(cn1C1(C(F)F)CC1)C(NCc1cccc(C(F)F)c1F)=NCN2. The number of nitrogens with one attached hydrogen (secondary N) is 2. The first kappa shape index (κ1) is 20.3. The van der Waals surface area contributed by atoms with Crippen LogP contribution < -0.4 is 16.2 Å². The van der Waals surface area contributed by atoms with E-state index in [9.17, 15) is 31.1 Å². The molecule has 1 saturated carbocycles. The Balaban J connectivity index is 1.67. The quantitative estimate of drug-likeness (QED) is 0.711. The molecule has 160 valence electrons.